The summed E-state index contributed by atoms with van der Waals surface area (Å²) in [6, 6.07) is 4.86. The monoisotopic (exact) mass is 261 g/mol. The molecule has 3 nitrogen and oxygen atoms in total. The Morgan fingerprint density at radius 2 is 2.05 bits per heavy atom. The third kappa shape index (κ3) is 3.77. The molecule has 1 aliphatic rings. The molecule has 106 valence electrons. The number of nitrogens with zero attached hydrogens (tertiary/aromatic N) is 2. The largest absolute Gasteiger partial charge is 0.325 e. The van der Waals surface area contributed by atoms with Crippen molar-refractivity contribution < 1.29 is 0 Å². The lowest BCUT2D eigenvalue weighted by molar-refractivity contribution is 0.122. The highest BCUT2D eigenvalue weighted by Gasteiger charge is 2.28. The minimum atomic E-state index is 0.529. The van der Waals surface area contributed by atoms with Crippen LogP contribution < -0.4 is 5.73 Å². The van der Waals surface area contributed by atoms with E-state index in [1.165, 1.54) is 31.2 Å². The van der Waals surface area contributed by atoms with E-state index in [0.717, 1.165) is 12.2 Å². The van der Waals surface area contributed by atoms with Crippen LogP contribution in [0.4, 0.5) is 0 Å². The Balaban J connectivity index is 1.96. The molecule has 3 heteroatoms. The maximum atomic E-state index is 5.76. The van der Waals surface area contributed by atoms with Gasteiger partial charge in [-0.3, -0.25) is 9.88 Å². The van der Waals surface area contributed by atoms with Crippen LogP contribution in [0.5, 0.6) is 0 Å². The normalized spacial score (nSPS) is 19.8. The van der Waals surface area contributed by atoms with E-state index in [4.69, 9.17) is 5.73 Å². The van der Waals surface area contributed by atoms with Crippen LogP contribution in [0.1, 0.15) is 50.8 Å². The first-order chi connectivity index (χ1) is 9.02. The van der Waals surface area contributed by atoms with Gasteiger partial charge in [-0.2, -0.15) is 0 Å². The summed E-state index contributed by atoms with van der Waals surface area (Å²) in [7, 11) is 2.23. The number of hydrogen-bond donors (Lipinski definition) is 1. The molecule has 2 rings (SSSR count). The zero-order valence-electron chi connectivity index (χ0n) is 12.5. The van der Waals surface area contributed by atoms with Crippen molar-refractivity contribution in [3.05, 3.63) is 29.6 Å². The van der Waals surface area contributed by atoms with Gasteiger partial charge in [0.2, 0.25) is 0 Å². The molecular formula is C16H27N3. The van der Waals surface area contributed by atoms with Crippen LogP contribution in [-0.2, 0) is 13.1 Å². The third-order valence-corrected chi connectivity index (χ3v) is 4.53. The van der Waals surface area contributed by atoms with E-state index in [2.05, 4.69) is 36.8 Å². The van der Waals surface area contributed by atoms with E-state index >= 15 is 0 Å². The molecule has 2 N–H and O–H groups in total. The maximum Gasteiger partial charge on any atom is 0.0584 e. The Morgan fingerprint density at radius 3 is 2.68 bits per heavy atom. The molecule has 1 heterocycles. The first kappa shape index (κ1) is 14.5. The Bertz CT molecular complexity index is 404. The second-order valence-electron chi connectivity index (χ2n) is 6.62. The van der Waals surface area contributed by atoms with E-state index < -0.39 is 0 Å². The second kappa shape index (κ2) is 6.02. The van der Waals surface area contributed by atoms with Crippen LogP contribution in [0, 0.1) is 5.41 Å². The van der Waals surface area contributed by atoms with Crippen LogP contribution in [0.25, 0.3) is 0 Å². The smallest absolute Gasteiger partial charge is 0.0584 e. The van der Waals surface area contributed by atoms with E-state index in [1.54, 1.807) is 0 Å². The molecule has 0 aliphatic heterocycles. The molecule has 0 atom stereocenters. The lowest BCUT2D eigenvalue weighted by Crippen LogP contribution is -2.37. The Hall–Kier alpha value is -0.930. The van der Waals surface area contributed by atoms with Crippen LogP contribution in [-0.4, -0.2) is 23.0 Å². The first-order valence-corrected chi connectivity index (χ1v) is 7.35. The van der Waals surface area contributed by atoms with Crippen LogP contribution in [0.2, 0.25) is 0 Å². The summed E-state index contributed by atoms with van der Waals surface area (Å²) in [5, 5.41) is 0. The summed E-state index contributed by atoms with van der Waals surface area (Å²) in [6.45, 7) is 6.26. The van der Waals surface area contributed by atoms with Gasteiger partial charge in [-0.05, 0) is 49.8 Å². The summed E-state index contributed by atoms with van der Waals surface area (Å²) >= 11 is 0. The number of pyridine rings is 1. The van der Waals surface area contributed by atoms with Crippen molar-refractivity contribution >= 4 is 0 Å². The highest BCUT2D eigenvalue weighted by Crippen LogP contribution is 2.36. The van der Waals surface area contributed by atoms with E-state index in [9.17, 15) is 0 Å². The minimum Gasteiger partial charge on any atom is -0.325 e. The van der Waals surface area contributed by atoms with Gasteiger partial charge in [-0.25, -0.2) is 0 Å². The van der Waals surface area contributed by atoms with Crippen LogP contribution in [0.3, 0.4) is 0 Å². The van der Waals surface area contributed by atoms with Crippen molar-refractivity contribution in [2.24, 2.45) is 11.1 Å². The van der Waals surface area contributed by atoms with Crippen molar-refractivity contribution in [2.45, 2.75) is 58.7 Å². The lowest BCUT2D eigenvalue weighted by Gasteiger charge is -2.38. The van der Waals surface area contributed by atoms with Crippen LogP contribution >= 0.6 is 0 Å². The molecule has 1 fully saturated rings. The summed E-state index contributed by atoms with van der Waals surface area (Å²) in [6.07, 6.45) is 7.11. The molecule has 1 aliphatic carbocycles. The van der Waals surface area contributed by atoms with E-state index in [0.29, 0.717) is 18.0 Å². The summed E-state index contributed by atoms with van der Waals surface area (Å²) in [4.78, 5) is 6.84. The van der Waals surface area contributed by atoms with E-state index in [1.807, 2.05) is 12.3 Å². The molecule has 1 aromatic heterocycles. The molecule has 0 bridgehead atoms. The maximum absolute atomic E-state index is 5.76. The van der Waals surface area contributed by atoms with Gasteiger partial charge in [0.05, 0.1) is 5.69 Å². The zero-order chi connectivity index (χ0) is 13.9. The van der Waals surface area contributed by atoms with Gasteiger partial charge in [0.25, 0.3) is 0 Å². The standard InChI is InChI=1S/C16H27N3/c1-16(2)8-6-14(7-9-16)19(3)12-13-5-4-10-18-15(13)11-17/h4-5,10,14H,6-9,11-12,17H2,1-3H3. The molecule has 1 saturated carbocycles. The van der Waals surface area contributed by atoms with Crippen LogP contribution in [0.15, 0.2) is 18.3 Å². The zero-order valence-corrected chi connectivity index (χ0v) is 12.5. The molecule has 0 amide bonds. The Labute approximate surface area is 117 Å². The summed E-state index contributed by atoms with van der Waals surface area (Å²) < 4.78 is 0. The molecule has 0 saturated heterocycles. The highest BCUT2D eigenvalue weighted by molar-refractivity contribution is 5.19. The molecular weight excluding hydrogens is 234 g/mol. The van der Waals surface area contributed by atoms with Gasteiger partial charge in [0.1, 0.15) is 0 Å². The fourth-order valence-electron chi connectivity index (χ4n) is 3.02. The topological polar surface area (TPSA) is 42.2 Å². The van der Waals surface area contributed by atoms with Gasteiger partial charge in [0, 0.05) is 25.3 Å². The number of hydrogen-bond acceptors (Lipinski definition) is 3. The van der Waals surface area contributed by atoms with Gasteiger partial charge in [0.15, 0.2) is 0 Å². The molecule has 0 aromatic carbocycles. The molecule has 1 aromatic rings. The molecule has 19 heavy (non-hydrogen) atoms. The molecule has 0 radical (unpaired) electrons. The van der Waals surface area contributed by atoms with Crippen molar-refractivity contribution in [3.8, 4) is 0 Å². The van der Waals surface area contributed by atoms with Gasteiger partial charge >= 0.3 is 0 Å². The van der Waals surface area contributed by atoms with Gasteiger partial charge in [-0.15, -0.1) is 0 Å². The molecule has 0 unspecified atom stereocenters. The second-order valence-corrected chi connectivity index (χ2v) is 6.62. The number of aromatic nitrogens is 1. The first-order valence-electron chi connectivity index (χ1n) is 7.35. The fraction of sp³-hybridized carbons (Fsp3) is 0.688. The van der Waals surface area contributed by atoms with Crippen molar-refractivity contribution in [2.75, 3.05) is 7.05 Å². The lowest BCUT2D eigenvalue weighted by atomic mass is 9.75. The van der Waals surface area contributed by atoms with Crippen molar-refractivity contribution in [1.82, 2.24) is 9.88 Å². The van der Waals surface area contributed by atoms with Crippen molar-refractivity contribution in [1.29, 1.82) is 0 Å². The van der Waals surface area contributed by atoms with E-state index in [-0.39, 0.29) is 0 Å². The average Bonchev–Trinajstić information content (AvgIpc) is 2.39. The predicted molar refractivity (Wildman–Crippen MR) is 79.6 cm³/mol. The quantitative estimate of drug-likeness (QED) is 0.906. The number of rotatable bonds is 4. The summed E-state index contributed by atoms with van der Waals surface area (Å²) in [5.74, 6) is 0. The minimum absolute atomic E-state index is 0.529. The predicted octanol–water partition coefficient (Wildman–Crippen LogP) is 2.94. The SMILES string of the molecule is CN(Cc1cccnc1CN)C1CCC(C)(C)CC1. The summed E-state index contributed by atoms with van der Waals surface area (Å²) in [5.41, 5.74) is 8.60. The number of nitrogens with two attached hydrogens (primary N) is 1. The Kier molecular flexibility index (Phi) is 4.58. The van der Waals surface area contributed by atoms with Crippen molar-refractivity contribution in [3.63, 3.8) is 0 Å². The average molecular weight is 261 g/mol. The van der Waals surface area contributed by atoms with Gasteiger partial charge in [-0.1, -0.05) is 19.9 Å². The third-order valence-electron chi connectivity index (χ3n) is 4.53. The fourth-order valence-corrected chi connectivity index (χ4v) is 3.02. The van der Waals surface area contributed by atoms with Gasteiger partial charge < -0.3 is 5.73 Å². The molecule has 0 spiro atoms. The Morgan fingerprint density at radius 1 is 1.37 bits per heavy atom. The highest BCUT2D eigenvalue weighted by atomic mass is 15.1.